The van der Waals surface area contributed by atoms with Crippen LogP contribution in [0.25, 0.3) is 17.2 Å². The van der Waals surface area contributed by atoms with E-state index in [0.717, 1.165) is 25.7 Å². The summed E-state index contributed by atoms with van der Waals surface area (Å²) in [6.07, 6.45) is 5.83. The number of rotatable bonds is 13. The Morgan fingerprint density at radius 3 is 2.26 bits per heavy atom. The summed E-state index contributed by atoms with van der Waals surface area (Å²) in [5.74, 6) is 0.928. The van der Waals surface area contributed by atoms with Gasteiger partial charge in [-0.3, -0.25) is 0 Å². The number of anilines is 1. The Kier molecular flexibility index (Phi) is 13.3. The molecule has 0 fully saturated rings. The second-order valence-electron chi connectivity index (χ2n) is 9.56. The van der Waals surface area contributed by atoms with E-state index in [1.165, 1.54) is 0 Å². The summed E-state index contributed by atoms with van der Waals surface area (Å²) in [5.41, 5.74) is 3.18. The van der Waals surface area contributed by atoms with Crippen molar-refractivity contribution in [3.05, 3.63) is 68.8 Å². The zero-order valence-electron chi connectivity index (χ0n) is 23.2. The van der Waals surface area contributed by atoms with E-state index < -0.39 is 31.7 Å². The van der Waals surface area contributed by atoms with Crippen LogP contribution in [0, 0.1) is 0 Å². The van der Waals surface area contributed by atoms with Crippen molar-refractivity contribution in [1.29, 1.82) is 0 Å². The maximum absolute atomic E-state index is 11.1. The minimum atomic E-state index is -4.28. The number of aromatic nitrogens is 1. The number of halogens is 2. The first kappa shape index (κ1) is 35.9. The van der Waals surface area contributed by atoms with Crippen LogP contribution in [0.4, 0.5) is 5.69 Å². The molecule has 2 aromatic carbocycles. The fourth-order valence-corrected chi connectivity index (χ4v) is 6.30. The molecule has 15 heteroatoms. The molecule has 3 aromatic rings. The first-order valence-corrected chi connectivity index (χ1v) is 17.7. The number of hydrogen-bond acceptors (Lipinski definition) is 9. The topological polar surface area (TPSA) is 144 Å². The second kappa shape index (κ2) is 15.6. The third kappa shape index (κ3) is 10.2. The fraction of sp³-hybridized carbons (Fsp3) is 0.370. The van der Waals surface area contributed by atoms with Crippen molar-refractivity contribution in [3.63, 3.8) is 0 Å². The number of benzene rings is 2. The smallest absolute Gasteiger partial charge is 0.748 e. The van der Waals surface area contributed by atoms with Gasteiger partial charge < -0.3 is 23.2 Å². The van der Waals surface area contributed by atoms with Crippen LogP contribution < -0.4 is 65.6 Å². The summed E-state index contributed by atoms with van der Waals surface area (Å²) in [4.78, 5) is 1.95. The summed E-state index contributed by atoms with van der Waals surface area (Å²) in [7, 11) is -8.57. The van der Waals surface area contributed by atoms with Crippen molar-refractivity contribution < 1.29 is 91.0 Å². The minimum absolute atomic E-state index is 0. The average molecular weight is 773 g/mol. The van der Waals surface area contributed by atoms with Crippen molar-refractivity contribution in [2.24, 2.45) is 0 Å². The quantitative estimate of drug-likeness (QED) is 0.111. The normalized spacial score (nSPS) is 14.7. The molecule has 0 N–H and O–H groups in total. The van der Waals surface area contributed by atoms with Gasteiger partial charge in [0.2, 0.25) is 11.5 Å². The molecule has 222 valence electrons. The number of oxazole rings is 1. The molecule has 4 rings (SSSR count). The van der Waals surface area contributed by atoms with Crippen molar-refractivity contribution in [1.82, 2.24) is 0 Å². The van der Waals surface area contributed by atoms with E-state index in [1.54, 1.807) is 0 Å². The maximum Gasteiger partial charge on any atom is 1.00 e. The molecule has 0 saturated heterocycles. The molecule has 0 unspecified atom stereocenters. The van der Waals surface area contributed by atoms with Crippen LogP contribution in [-0.4, -0.2) is 44.0 Å². The third-order valence-corrected chi connectivity index (χ3v) is 9.03. The van der Waals surface area contributed by atoms with E-state index in [1.807, 2.05) is 64.9 Å². The Hall–Kier alpha value is -0.594. The molecule has 42 heavy (non-hydrogen) atoms. The third-order valence-electron chi connectivity index (χ3n) is 6.46. The monoisotopic (exact) mass is 770 g/mol. The molecule has 2 heterocycles. The van der Waals surface area contributed by atoms with Gasteiger partial charge in [-0.2, -0.15) is 4.57 Å². The van der Waals surface area contributed by atoms with Gasteiger partial charge in [0.15, 0.2) is 12.3 Å². The molecule has 1 aliphatic heterocycles. The second-order valence-corrected chi connectivity index (χ2v) is 14.4. The number of fused-ring (bicyclic) bond motifs is 2. The Labute approximate surface area is 305 Å². The summed E-state index contributed by atoms with van der Waals surface area (Å²) in [6.45, 7) is 2.89. The van der Waals surface area contributed by atoms with Gasteiger partial charge in [0.05, 0.1) is 32.0 Å². The van der Waals surface area contributed by atoms with Crippen molar-refractivity contribution >= 4 is 75.0 Å². The fourth-order valence-electron chi connectivity index (χ4n) is 4.49. The first-order chi connectivity index (χ1) is 19.3. The van der Waals surface area contributed by atoms with Crippen LogP contribution in [0.15, 0.2) is 67.3 Å². The molecule has 1 aliphatic rings. The molecule has 0 atom stereocenters. The number of ether oxygens (including phenoxy) is 1. The first-order valence-electron chi connectivity index (χ1n) is 13.0. The van der Waals surface area contributed by atoms with Crippen LogP contribution in [0.1, 0.15) is 44.9 Å². The summed E-state index contributed by atoms with van der Waals surface area (Å²) in [6, 6.07) is 11.3. The van der Waals surface area contributed by atoms with Crippen LogP contribution in [0.2, 0.25) is 0 Å². The van der Waals surface area contributed by atoms with Crippen LogP contribution in [-0.2, 0) is 26.8 Å². The van der Waals surface area contributed by atoms with Gasteiger partial charge in [-0.1, -0.05) is 38.8 Å². The van der Waals surface area contributed by atoms with Gasteiger partial charge in [-0.05, 0) is 61.6 Å². The van der Waals surface area contributed by atoms with Gasteiger partial charge in [-0.25, -0.2) is 16.8 Å². The molecular weight excluding hydrogens is 743 g/mol. The van der Waals surface area contributed by atoms with Gasteiger partial charge in [0, 0.05) is 45.6 Å². The molecular formula is C27H29Br2KN2O8S2. The van der Waals surface area contributed by atoms with E-state index in [2.05, 4.69) is 31.9 Å². The maximum atomic E-state index is 11.1. The van der Waals surface area contributed by atoms with E-state index in [-0.39, 0.29) is 64.2 Å². The van der Waals surface area contributed by atoms with E-state index in [0.29, 0.717) is 55.5 Å². The molecule has 1 aromatic heterocycles. The number of aryl methyl sites for hydroxylation is 1. The SMILES string of the molecule is CCC(/C=C1\Oc2ccc(Br)cc2N1CCCCS(=O)(=O)[O-])=C\c1oc2ccc(Br)cc2[n+]1CCCCS(=O)(=O)[O-].[K+]. The van der Waals surface area contributed by atoms with Crippen molar-refractivity contribution in [2.75, 3.05) is 23.0 Å². The zero-order chi connectivity index (χ0) is 29.8. The molecule has 0 amide bonds. The molecule has 0 bridgehead atoms. The van der Waals surface area contributed by atoms with Crippen molar-refractivity contribution in [3.8, 4) is 5.75 Å². The Morgan fingerprint density at radius 1 is 0.952 bits per heavy atom. The van der Waals surface area contributed by atoms with Crippen LogP contribution >= 0.6 is 31.9 Å². The minimum Gasteiger partial charge on any atom is -0.748 e. The van der Waals surface area contributed by atoms with Gasteiger partial charge in [0.1, 0.15) is 0 Å². The van der Waals surface area contributed by atoms with E-state index >= 15 is 0 Å². The van der Waals surface area contributed by atoms with Gasteiger partial charge in [-0.15, -0.1) is 0 Å². The Balaban J connectivity index is 0.00000484. The summed E-state index contributed by atoms with van der Waals surface area (Å²) in [5, 5.41) is 0. The summed E-state index contributed by atoms with van der Waals surface area (Å²) < 4.78 is 82.4. The molecule has 0 radical (unpaired) electrons. The van der Waals surface area contributed by atoms with Gasteiger partial charge >= 0.3 is 57.3 Å². The van der Waals surface area contributed by atoms with Crippen LogP contribution in [0.3, 0.4) is 0 Å². The predicted molar refractivity (Wildman–Crippen MR) is 160 cm³/mol. The van der Waals surface area contributed by atoms with E-state index in [9.17, 15) is 25.9 Å². The number of unbranched alkanes of at least 4 members (excludes halogenated alkanes) is 2. The Bertz CT molecular complexity index is 1710. The zero-order valence-corrected chi connectivity index (χ0v) is 31.1. The molecule has 0 saturated carbocycles. The predicted octanol–water partition coefficient (Wildman–Crippen LogP) is 2.43. The number of allylic oxidation sites excluding steroid dienone is 2. The largest absolute Gasteiger partial charge is 1.00 e. The number of nitrogens with zero attached hydrogens (tertiary/aromatic N) is 2. The average Bonchev–Trinajstić information content (AvgIpc) is 3.39. The molecule has 10 nitrogen and oxygen atoms in total. The van der Waals surface area contributed by atoms with Crippen LogP contribution in [0.5, 0.6) is 5.75 Å². The Morgan fingerprint density at radius 2 is 1.60 bits per heavy atom. The molecule has 0 spiro atoms. The van der Waals surface area contributed by atoms with E-state index in [4.69, 9.17) is 9.15 Å². The standard InChI is InChI=1S/C27H30Br2N2O8S2.K/c1-2-19(15-26-30(11-3-5-13-40(32,33)34)22-17-20(28)7-9-24(22)38-26)16-27-31(12-4-6-14-41(35,36)37)23-18-21(29)8-10-25(23)39-27;/h7-10,15-18H,2-6,11-14H2,1H3,(H-,32,33,34,35,36,37);/q;+1/p-1. The number of hydrogen-bond donors (Lipinski definition) is 0. The molecule has 0 aliphatic carbocycles. The van der Waals surface area contributed by atoms with Crippen molar-refractivity contribution in [2.45, 2.75) is 45.6 Å². The van der Waals surface area contributed by atoms with Gasteiger partial charge in [0.25, 0.3) is 5.52 Å². The summed E-state index contributed by atoms with van der Waals surface area (Å²) >= 11 is 6.98.